The summed E-state index contributed by atoms with van der Waals surface area (Å²) in [5, 5.41) is 3.46. The second kappa shape index (κ2) is 4.70. The van der Waals surface area contributed by atoms with Crippen molar-refractivity contribution in [3.8, 4) is 5.75 Å². The second-order valence-corrected chi connectivity index (χ2v) is 4.14. The van der Waals surface area contributed by atoms with Crippen molar-refractivity contribution in [1.82, 2.24) is 4.98 Å². The third-order valence-electron chi connectivity index (χ3n) is 2.94. The Morgan fingerprint density at radius 2 is 2.38 bits per heavy atom. The first kappa shape index (κ1) is 11.2. The van der Waals surface area contributed by atoms with Gasteiger partial charge in [0.2, 0.25) is 0 Å². The molecule has 2 heterocycles. The third kappa shape index (κ3) is 2.27. The van der Waals surface area contributed by atoms with E-state index in [9.17, 15) is 0 Å². The van der Waals surface area contributed by atoms with E-state index in [1.807, 2.05) is 13.0 Å². The molecule has 2 rings (SSSR count). The highest BCUT2D eigenvalue weighted by molar-refractivity contribution is 5.56. The van der Waals surface area contributed by atoms with Crippen molar-refractivity contribution in [2.45, 2.75) is 32.4 Å². The Morgan fingerprint density at radius 1 is 1.56 bits per heavy atom. The maximum Gasteiger partial charge on any atom is 0.160 e. The summed E-state index contributed by atoms with van der Waals surface area (Å²) < 4.78 is 10.8. The molecular weight excluding hydrogens is 204 g/mol. The van der Waals surface area contributed by atoms with Crippen molar-refractivity contribution in [3.05, 3.63) is 18.0 Å². The number of aryl methyl sites for hydroxylation is 1. The highest BCUT2D eigenvalue weighted by Crippen LogP contribution is 2.27. The van der Waals surface area contributed by atoms with Gasteiger partial charge in [0.15, 0.2) is 5.75 Å². The van der Waals surface area contributed by atoms with E-state index in [1.54, 1.807) is 13.3 Å². The molecule has 1 saturated heterocycles. The van der Waals surface area contributed by atoms with Crippen LogP contribution in [0.4, 0.5) is 5.69 Å². The van der Waals surface area contributed by atoms with Gasteiger partial charge < -0.3 is 14.8 Å². The molecule has 16 heavy (non-hydrogen) atoms. The molecule has 0 amide bonds. The molecule has 2 unspecified atom stereocenters. The number of aromatic nitrogens is 1. The third-order valence-corrected chi connectivity index (χ3v) is 2.94. The summed E-state index contributed by atoms with van der Waals surface area (Å²) >= 11 is 0. The Balaban J connectivity index is 2.16. The monoisotopic (exact) mass is 222 g/mol. The molecule has 1 aromatic heterocycles. The van der Waals surface area contributed by atoms with Crippen molar-refractivity contribution < 1.29 is 9.47 Å². The van der Waals surface area contributed by atoms with Gasteiger partial charge in [-0.05, 0) is 26.3 Å². The Labute approximate surface area is 96.0 Å². The number of methoxy groups -OCH3 is 1. The Hall–Kier alpha value is -1.29. The van der Waals surface area contributed by atoms with Gasteiger partial charge in [-0.1, -0.05) is 0 Å². The van der Waals surface area contributed by atoms with Gasteiger partial charge in [-0.2, -0.15) is 0 Å². The Bertz CT molecular complexity index is 368. The van der Waals surface area contributed by atoms with E-state index in [0.29, 0.717) is 6.04 Å². The molecule has 2 atom stereocenters. The van der Waals surface area contributed by atoms with Crippen LogP contribution in [0.25, 0.3) is 0 Å². The van der Waals surface area contributed by atoms with Crippen molar-refractivity contribution >= 4 is 5.69 Å². The highest BCUT2D eigenvalue weighted by Gasteiger charge is 2.24. The van der Waals surface area contributed by atoms with E-state index >= 15 is 0 Å². The fraction of sp³-hybridized carbons (Fsp3) is 0.583. The minimum atomic E-state index is 0.248. The average Bonchev–Trinajstić information content (AvgIpc) is 2.65. The van der Waals surface area contributed by atoms with E-state index in [-0.39, 0.29) is 6.10 Å². The predicted octanol–water partition coefficient (Wildman–Crippen LogP) is 1.99. The van der Waals surface area contributed by atoms with E-state index in [4.69, 9.17) is 9.47 Å². The number of rotatable bonds is 3. The molecular formula is C12H18N2O2. The molecule has 0 spiro atoms. The van der Waals surface area contributed by atoms with Gasteiger partial charge in [-0.15, -0.1) is 0 Å². The molecule has 1 N–H and O–H groups in total. The van der Waals surface area contributed by atoms with Crippen LogP contribution in [-0.4, -0.2) is 30.8 Å². The number of pyridine rings is 1. The zero-order chi connectivity index (χ0) is 11.5. The molecule has 0 radical (unpaired) electrons. The lowest BCUT2D eigenvalue weighted by atomic mass is 10.1. The first-order valence-corrected chi connectivity index (χ1v) is 5.59. The molecule has 1 aromatic rings. The normalized spacial score (nSPS) is 24.4. The highest BCUT2D eigenvalue weighted by atomic mass is 16.5. The number of ether oxygens (including phenoxy) is 2. The first-order chi connectivity index (χ1) is 7.70. The minimum Gasteiger partial charge on any atom is -0.493 e. The average molecular weight is 222 g/mol. The van der Waals surface area contributed by atoms with Gasteiger partial charge in [-0.25, -0.2) is 0 Å². The fourth-order valence-electron chi connectivity index (χ4n) is 1.94. The van der Waals surface area contributed by atoms with Crippen LogP contribution >= 0.6 is 0 Å². The van der Waals surface area contributed by atoms with Gasteiger partial charge in [0.1, 0.15) is 0 Å². The lowest BCUT2D eigenvalue weighted by Crippen LogP contribution is -2.26. The molecule has 1 fully saturated rings. The number of nitrogens with zero attached hydrogens (tertiary/aromatic N) is 1. The smallest absolute Gasteiger partial charge is 0.160 e. The Kier molecular flexibility index (Phi) is 3.29. The van der Waals surface area contributed by atoms with Crippen molar-refractivity contribution in [1.29, 1.82) is 0 Å². The number of hydrogen-bond donors (Lipinski definition) is 1. The summed E-state index contributed by atoms with van der Waals surface area (Å²) in [6, 6.07) is 2.36. The zero-order valence-electron chi connectivity index (χ0n) is 9.99. The van der Waals surface area contributed by atoms with Crippen molar-refractivity contribution in [2.75, 3.05) is 19.0 Å². The van der Waals surface area contributed by atoms with Gasteiger partial charge in [0.05, 0.1) is 31.1 Å². The van der Waals surface area contributed by atoms with Crippen LogP contribution in [0.2, 0.25) is 0 Å². The van der Waals surface area contributed by atoms with Crippen LogP contribution in [0.3, 0.4) is 0 Å². The van der Waals surface area contributed by atoms with E-state index in [1.165, 1.54) is 0 Å². The summed E-state index contributed by atoms with van der Waals surface area (Å²) in [5.74, 6) is 0.782. The molecule has 0 saturated carbocycles. The molecule has 4 nitrogen and oxygen atoms in total. The van der Waals surface area contributed by atoms with Gasteiger partial charge in [0, 0.05) is 12.3 Å². The van der Waals surface area contributed by atoms with E-state index in [2.05, 4.69) is 17.2 Å². The van der Waals surface area contributed by atoms with Crippen LogP contribution in [0.1, 0.15) is 19.0 Å². The minimum absolute atomic E-state index is 0.248. The molecule has 88 valence electrons. The summed E-state index contributed by atoms with van der Waals surface area (Å²) in [5.41, 5.74) is 1.98. The molecule has 1 aliphatic heterocycles. The van der Waals surface area contributed by atoms with E-state index < -0.39 is 0 Å². The summed E-state index contributed by atoms with van der Waals surface area (Å²) in [6.45, 7) is 4.88. The van der Waals surface area contributed by atoms with Crippen LogP contribution in [0.5, 0.6) is 5.75 Å². The lowest BCUT2D eigenvalue weighted by Gasteiger charge is -2.19. The number of anilines is 1. The SMILES string of the molecule is COc1cnc(C)cc1NC1CCOC1C. The maximum absolute atomic E-state index is 5.52. The number of hydrogen-bond acceptors (Lipinski definition) is 4. The Morgan fingerprint density at radius 3 is 3.00 bits per heavy atom. The first-order valence-electron chi connectivity index (χ1n) is 5.59. The largest absolute Gasteiger partial charge is 0.493 e. The van der Waals surface area contributed by atoms with Crippen LogP contribution < -0.4 is 10.1 Å². The zero-order valence-corrected chi connectivity index (χ0v) is 9.99. The summed E-state index contributed by atoms with van der Waals surface area (Å²) in [4.78, 5) is 4.21. The maximum atomic E-state index is 5.52. The standard InChI is InChI=1S/C12H18N2O2/c1-8-6-11(12(15-3)7-13-8)14-10-4-5-16-9(10)2/h6-7,9-10H,4-5H2,1-3H3,(H,13,14). The van der Waals surface area contributed by atoms with Gasteiger partial charge >= 0.3 is 0 Å². The topological polar surface area (TPSA) is 43.4 Å². The van der Waals surface area contributed by atoms with Gasteiger partial charge in [-0.3, -0.25) is 4.98 Å². The summed E-state index contributed by atoms with van der Waals surface area (Å²) in [7, 11) is 1.66. The van der Waals surface area contributed by atoms with Crippen LogP contribution in [0, 0.1) is 6.92 Å². The fourth-order valence-corrected chi connectivity index (χ4v) is 1.94. The molecule has 0 bridgehead atoms. The molecule has 1 aliphatic rings. The predicted molar refractivity (Wildman–Crippen MR) is 63.0 cm³/mol. The van der Waals surface area contributed by atoms with Crippen LogP contribution in [-0.2, 0) is 4.74 Å². The summed E-state index contributed by atoms with van der Waals surface area (Å²) in [6.07, 6.45) is 3.03. The van der Waals surface area contributed by atoms with Crippen molar-refractivity contribution in [3.63, 3.8) is 0 Å². The van der Waals surface area contributed by atoms with Crippen LogP contribution in [0.15, 0.2) is 12.3 Å². The molecule has 0 aromatic carbocycles. The molecule has 4 heteroatoms. The van der Waals surface area contributed by atoms with Crippen molar-refractivity contribution in [2.24, 2.45) is 0 Å². The quantitative estimate of drug-likeness (QED) is 0.849. The lowest BCUT2D eigenvalue weighted by molar-refractivity contribution is 0.121. The second-order valence-electron chi connectivity index (χ2n) is 4.14. The van der Waals surface area contributed by atoms with Gasteiger partial charge in [0.25, 0.3) is 0 Å². The molecule has 0 aliphatic carbocycles. The van der Waals surface area contributed by atoms with E-state index in [0.717, 1.165) is 30.2 Å². The number of nitrogens with one attached hydrogen (secondary N) is 1.